The number of para-hydroxylation sites is 1. The summed E-state index contributed by atoms with van der Waals surface area (Å²) >= 11 is 0. The van der Waals surface area contributed by atoms with Crippen LogP contribution >= 0.6 is 24.0 Å². The summed E-state index contributed by atoms with van der Waals surface area (Å²) in [5.41, 5.74) is -0.769. The minimum atomic E-state index is -4.43. The molecule has 0 aromatic heterocycles. The number of benzene rings is 1. The molecule has 0 saturated carbocycles. The SMILES string of the molecule is CCNC(=NCCCCOCC)NCCOc1ccccc1C(F)(F)F.I. The zero-order valence-corrected chi connectivity index (χ0v) is 18.1. The molecule has 0 amide bonds. The minimum absolute atomic E-state index is 0. The van der Waals surface area contributed by atoms with Crippen LogP contribution in [0, 0.1) is 0 Å². The molecule has 0 aliphatic rings. The molecule has 27 heavy (non-hydrogen) atoms. The number of nitrogens with one attached hydrogen (secondary N) is 2. The summed E-state index contributed by atoms with van der Waals surface area (Å²) in [5, 5.41) is 6.14. The second kappa shape index (κ2) is 14.8. The van der Waals surface area contributed by atoms with Crippen LogP contribution in [0.25, 0.3) is 0 Å². The zero-order chi connectivity index (χ0) is 19.3. The number of rotatable bonds is 11. The summed E-state index contributed by atoms with van der Waals surface area (Å²) in [5.74, 6) is 0.455. The Labute approximate surface area is 176 Å². The van der Waals surface area contributed by atoms with Crippen LogP contribution in [0.2, 0.25) is 0 Å². The van der Waals surface area contributed by atoms with E-state index in [4.69, 9.17) is 9.47 Å². The lowest BCUT2D eigenvalue weighted by Gasteiger charge is -2.15. The van der Waals surface area contributed by atoms with Gasteiger partial charge in [-0.2, -0.15) is 13.2 Å². The molecule has 1 aromatic carbocycles. The molecule has 9 heteroatoms. The van der Waals surface area contributed by atoms with Crippen LogP contribution in [-0.2, 0) is 10.9 Å². The van der Waals surface area contributed by atoms with Crippen LogP contribution in [0.3, 0.4) is 0 Å². The average molecular weight is 503 g/mol. The van der Waals surface area contributed by atoms with Gasteiger partial charge < -0.3 is 20.1 Å². The van der Waals surface area contributed by atoms with Gasteiger partial charge in [0.2, 0.25) is 0 Å². The predicted octanol–water partition coefficient (Wildman–Crippen LogP) is 4.07. The van der Waals surface area contributed by atoms with Gasteiger partial charge in [0.05, 0.1) is 12.1 Å². The fourth-order valence-corrected chi connectivity index (χ4v) is 2.15. The smallest absolute Gasteiger partial charge is 0.419 e. The van der Waals surface area contributed by atoms with Gasteiger partial charge in [0.1, 0.15) is 12.4 Å². The molecule has 0 atom stereocenters. The number of ether oxygens (including phenoxy) is 2. The molecule has 0 unspecified atom stereocenters. The van der Waals surface area contributed by atoms with Gasteiger partial charge in [-0.25, -0.2) is 0 Å². The topological polar surface area (TPSA) is 54.9 Å². The molecule has 5 nitrogen and oxygen atoms in total. The molecule has 0 aliphatic heterocycles. The minimum Gasteiger partial charge on any atom is -0.491 e. The van der Waals surface area contributed by atoms with E-state index in [0.29, 0.717) is 32.2 Å². The molecule has 0 aliphatic carbocycles. The third kappa shape index (κ3) is 11.3. The van der Waals surface area contributed by atoms with E-state index in [9.17, 15) is 13.2 Å². The van der Waals surface area contributed by atoms with Gasteiger partial charge in [-0.05, 0) is 38.8 Å². The zero-order valence-electron chi connectivity index (χ0n) is 15.8. The van der Waals surface area contributed by atoms with Crippen LogP contribution < -0.4 is 15.4 Å². The summed E-state index contributed by atoms with van der Waals surface area (Å²) in [6.07, 6.45) is -2.58. The molecular weight excluding hydrogens is 474 g/mol. The van der Waals surface area contributed by atoms with Crippen molar-refractivity contribution in [2.75, 3.05) is 39.5 Å². The van der Waals surface area contributed by atoms with Gasteiger partial charge >= 0.3 is 6.18 Å². The van der Waals surface area contributed by atoms with Crippen molar-refractivity contribution >= 4 is 29.9 Å². The Bertz CT molecular complexity index is 543. The van der Waals surface area contributed by atoms with Crippen LogP contribution in [0.15, 0.2) is 29.3 Å². The highest BCUT2D eigenvalue weighted by Crippen LogP contribution is 2.35. The Morgan fingerprint density at radius 1 is 1.07 bits per heavy atom. The van der Waals surface area contributed by atoms with Crippen molar-refractivity contribution in [1.29, 1.82) is 0 Å². The molecule has 0 bridgehead atoms. The van der Waals surface area contributed by atoms with Gasteiger partial charge in [0, 0.05) is 26.3 Å². The van der Waals surface area contributed by atoms with Gasteiger partial charge in [0.15, 0.2) is 5.96 Å². The highest BCUT2D eigenvalue weighted by molar-refractivity contribution is 14.0. The molecule has 0 radical (unpaired) electrons. The summed E-state index contributed by atoms with van der Waals surface area (Å²) in [4.78, 5) is 4.42. The quantitative estimate of drug-likeness (QED) is 0.207. The number of hydrogen-bond acceptors (Lipinski definition) is 3. The van der Waals surface area contributed by atoms with E-state index in [-0.39, 0.29) is 36.3 Å². The summed E-state index contributed by atoms with van der Waals surface area (Å²) in [6.45, 7) is 7.14. The van der Waals surface area contributed by atoms with Crippen molar-refractivity contribution in [1.82, 2.24) is 10.6 Å². The maximum Gasteiger partial charge on any atom is 0.419 e. The highest BCUT2D eigenvalue weighted by Gasteiger charge is 2.33. The van der Waals surface area contributed by atoms with E-state index in [2.05, 4.69) is 15.6 Å². The van der Waals surface area contributed by atoms with Gasteiger partial charge in [-0.3, -0.25) is 4.99 Å². The average Bonchev–Trinajstić information content (AvgIpc) is 2.61. The Hall–Kier alpha value is -1.23. The lowest BCUT2D eigenvalue weighted by molar-refractivity contribution is -0.138. The number of aliphatic imine (C=N–C) groups is 1. The van der Waals surface area contributed by atoms with E-state index in [1.165, 1.54) is 18.2 Å². The Balaban J connectivity index is 0.00000676. The lowest BCUT2D eigenvalue weighted by atomic mass is 10.2. The molecular formula is C18H29F3IN3O2. The van der Waals surface area contributed by atoms with Crippen molar-refractivity contribution < 1.29 is 22.6 Å². The first-order chi connectivity index (χ1) is 12.5. The van der Waals surface area contributed by atoms with Gasteiger partial charge in [0.25, 0.3) is 0 Å². The third-order valence-electron chi connectivity index (χ3n) is 3.36. The Morgan fingerprint density at radius 3 is 2.48 bits per heavy atom. The fraction of sp³-hybridized carbons (Fsp3) is 0.611. The summed E-state index contributed by atoms with van der Waals surface area (Å²) in [7, 11) is 0. The molecule has 1 rings (SSSR count). The van der Waals surface area contributed by atoms with Gasteiger partial charge in [-0.15, -0.1) is 24.0 Å². The maximum atomic E-state index is 12.9. The van der Waals surface area contributed by atoms with Crippen LogP contribution in [0.1, 0.15) is 32.3 Å². The number of hydrogen-bond donors (Lipinski definition) is 2. The second-order valence-electron chi connectivity index (χ2n) is 5.43. The largest absolute Gasteiger partial charge is 0.491 e. The Morgan fingerprint density at radius 2 is 1.81 bits per heavy atom. The second-order valence-corrected chi connectivity index (χ2v) is 5.43. The third-order valence-corrected chi connectivity index (χ3v) is 3.36. The molecule has 2 N–H and O–H groups in total. The van der Waals surface area contributed by atoms with Crippen molar-refractivity contribution in [3.8, 4) is 5.75 Å². The molecule has 0 fully saturated rings. The Kier molecular flexibility index (Phi) is 14.1. The monoisotopic (exact) mass is 503 g/mol. The van der Waals surface area contributed by atoms with E-state index < -0.39 is 11.7 Å². The summed E-state index contributed by atoms with van der Waals surface area (Å²) in [6, 6.07) is 5.19. The number of halogens is 4. The van der Waals surface area contributed by atoms with Crippen molar-refractivity contribution in [3.05, 3.63) is 29.8 Å². The van der Waals surface area contributed by atoms with E-state index in [1.807, 2.05) is 13.8 Å². The first-order valence-electron chi connectivity index (χ1n) is 8.88. The predicted molar refractivity (Wildman–Crippen MR) is 112 cm³/mol. The molecule has 0 heterocycles. The van der Waals surface area contributed by atoms with E-state index >= 15 is 0 Å². The molecule has 0 spiro atoms. The summed E-state index contributed by atoms with van der Waals surface area (Å²) < 4.78 is 49.3. The van der Waals surface area contributed by atoms with Gasteiger partial charge in [-0.1, -0.05) is 12.1 Å². The van der Waals surface area contributed by atoms with E-state index in [1.54, 1.807) is 0 Å². The highest BCUT2D eigenvalue weighted by atomic mass is 127. The first-order valence-corrected chi connectivity index (χ1v) is 8.88. The van der Waals surface area contributed by atoms with Crippen LogP contribution in [0.5, 0.6) is 5.75 Å². The molecule has 1 aromatic rings. The fourth-order valence-electron chi connectivity index (χ4n) is 2.15. The number of nitrogens with zero attached hydrogens (tertiary/aromatic N) is 1. The van der Waals surface area contributed by atoms with Crippen molar-refractivity contribution in [3.63, 3.8) is 0 Å². The van der Waals surface area contributed by atoms with E-state index in [0.717, 1.165) is 25.5 Å². The number of unbranched alkanes of at least 4 members (excludes halogenated alkanes) is 1. The normalized spacial score (nSPS) is 11.7. The lowest BCUT2D eigenvalue weighted by Crippen LogP contribution is -2.39. The van der Waals surface area contributed by atoms with Crippen molar-refractivity contribution in [2.45, 2.75) is 32.9 Å². The van der Waals surface area contributed by atoms with Crippen molar-refractivity contribution in [2.24, 2.45) is 4.99 Å². The maximum absolute atomic E-state index is 12.9. The number of alkyl halides is 3. The first kappa shape index (κ1) is 25.8. The number of guanidine groups is 1. The van der Waals surface area contributed by atoms with Crippen LogP contribution in [0.4, 0.5) is 13.2 Å². The molecule has 156 valence electrons. The van der Waals surface area contributed by atoms with Crippen LogP contribution in [-0.4, -0.2) is 45.4 Å². The standard InChI is InChI=1S/C18H28F3N3O2.HI/c1-3-22-17(23-11-7-8-13-25-4-2)24-12-14-26-16-10-6-5-9-15(16)18(19,20)21;/h5-6,9-10H,3-4,7-8,11-14H2,1-2H3,(H2,22,23,24);1H. The molecule has 0 saturated heterocycles.